The van der Waals surface area contributed by atoms with Crippen molar-refractivity contribution in [2.24, 2.45) is 0 Å². The molecule has 5 aromatic rings. The quantitative estimate of drug-likeness (QED) is 0.198. The summed E-state index contributed by atoms with van der Waals surface area (Å²) in [4.78, 5) is 13.2. The number of methoxy groups -OCH3 is 1. The molecule has 2 fully saturated rings. The molecule has 49 heavy (non-hydrogen) atoms. The molecule has 2 atom stereocenters. The second kappa shape index (κ2) is 13.2. The number of benzene rings is 3. The van der Waals surface area contributed by atoms with E-state index in [2.05, 4.69) is 34.8 Å². The van der Waals surface area contributed by atoms with Crippen molar-refractivity contribution in [2.45, 2.75) is 51.2 Å². The molecule has 2 aromatic heterocycles. The van der Waals surface area contributed by atoms with Crippen LogP contribution in [-0.2, 0) is 0 Å². The summed E-state index contributed by atoms with van der Waals surface area (Å²) in [5.74, 6) is -0.499. The van der Waals surface area contributed by atoms with Gasteiger partial charge in [-0.2, -0.15) is 15.2 Å². The average Bonchev–Trinajstić information content (AvgIpc) is 3.73. The Morgan fingerprint density at radius 3 is 2.71 bits per heavy atom. The number of hydrogen-bond donors (Lipinski definition) is 1. The lowest BCUT2D eigenvalue weighted by Crippen LogP contribution is -2.23. The SMILES string of the molecule is COc1nc2c3c(c(Cl)c(-c4ccc(F)c5sc(N)c(C#N)c45)c(F)c3n1)OCCN2c1cccc(C(C)C)c1.FC1CC2CCCN2C1. The normalized spacial score (nSPS) is 18.6. The number of thiophene rings is 1. The first-order valence-electron chi connectivity index (χ1n) is 16.2. The Labute approximate surface area is 290 Å². The van der Waals surface area contributed by atoms with Crippen molar-refractivity contribution in [3.63, 3.8) is 0 Å². The Kier molecular flexibility index (Phi) is 8.94. The highest BCUT2D eigenvalue weighted by molar-refractivity contribution is 7.23. The number of halogens is 4. The lowest BCUT2D eigenvalue weighted by molar-refractivity contribution is 0.292. The van der Waals surface area contributed by atoms with Gasteiger partial charge in [-0.3, -0.25) is 4.90 Å². The largest absolute Gasteiger partial charge is 0.489 e. The zero-order valence-corrected chi connectivity index (χ0v) is 28.8. The van der Waals surface area contributed by atoms with Crippen molar-refractivity contribution in [3.05, 3.63) is 64.2 Å². The molecule has 2 N–H and O–H groups in total. The smallest absolute Gasteiger partial charge is 0.318 e. The third-order valence-corrected chi connectivity index (χ3v) is 10.8. The van der Waals surface area contributed by atoms with Gasteiger partial charge in [-0.25, -0.2) is 13.2 Å². The summed E-state index contributed by atoms with van der Waals surface area (Å²) in [5, 5.41) is 10.3. The highest BCUT2D eigenvalue weighted by atomic mass is 35.5. The van der Waals surface area contributed by atoms with Crippen LogP contribution in [0.4, 0.5) is 29.7 Å². The van der Waals surface area contributed by atoms with Crippen LogP contribution >= 0.6 is 22.9 Å². The molecule has 254 valence electrons. The van der Waals surface area contributed by atoms with Crippen molar-refractivity contribution < 1.29 is 22.6 Å². The molecule has 3 aliphatic heterocycles. The number of nitrogens with two attached hydrogens (primary N) is 1. The van der Waals surface area contributed by atoms with Crippen molar-refractivity contribution >= 4 is 60.4 Å². The van der Waals surface area contributed by atoms with Crippen molar-refractivity contribution in [2.75, 3.05) is 44.0 Å². The summed E-state index contributed by atoms with van der Waals surface area (Å²) in [5.41, 5.74) is 8.09. The third kappa shape index (κ3) is 5.77. The van der Waals surface area contributed by atoms with E-state index in [4.69, 9.17) is 26.8 Å². The maximum absolute atomic E-state index is 16.6. The van der Waals surface area contributed by atoms with E-state index in [0.717, 1.165) is 35.6 Å². The first-order valence-corrected chi connectivity index (χ1v) is 17.4. The van der Waals surface area contributed by atoms with E-state index >= 15 is 4.39 Å². The van der Waals surface area contributed by atoms with Gasteiger partial charge in [-0.1, -0.05) is 43.6 Å². The van der Waals surface area contributed by atoms with E-state index in [-0.39, 0.29) is 66.1 Å². The zero-order valence-electron chi connectivity index (χ0n) is 27.2. The van der Waals surface area contributed by atoms with Crippen molar-refractivity contribution in [1.29, 1.82) is 5.26 Å². The highest BCUT2D eigenvalue weighted by Gasteiger charge is 2.35. The van der Waals surface area contributed by atoms with Gasteiger partial charge in [0.15, 0.2) is 17.4 Å². The van der Waals surface area contributed by atoms with Crippen LogP contribution in [0.1, 0.15) is 50.2 Å². The number of alkyl halides is 1. The van der Waals surface area contributed by atoms with Gasteiger partial charge in [-0.15, -0.1) is 11.3 Å². The first kappa shape index (κ1) is 33.2. The Bertz CT molecular complexity index is 2120. The molecule has 8 rings (SSSR count). The maximum Gasteiger partial charge on any atom is 0.318 e. The van der Waals surface area contributed by atoms with E-state index in [1.807, 2.05) is 29.2 Å². The van der Waals surface area contributed by atoms with Crippen LogP contribution in [0.15, 0.2) is 36.4 Å². The molecule has 2 unspecified atom stereocenters. The van der Waals surface area contributed by atoms with Gasteiger partial charge in [0.2, 0.25) is 0 Å². The number of anilines is 3. The van der Waals surface area contributed by atoms with Crippen LogP contribution in [0.2, 0.25) is 5.02 Å². The second-order valence-corrected chi connectivity index (χ2v) is 14.1. The fourth-order valence-electron chi connectivity index (χ4n) is 7.08. The van der Waals surface area contributed by atoms with Crippen LogP contribution in [0.25, 0.3) is 32.1 Å². The van der Waals surface area contributed by atoms with E-state index in [0.29, 0.717) is 30.9 Å². The van der Waals surface area contributed by atoms with Crippen LogP contribution < -0.4 is 20.1 Å². The zero-order chi connectivity index (χ0) is 34.6. The summed E-state index contributed by atoms with van der Waals surface area (Å²) in [6.45, 7) is 6.66. The van der Waals surface area contributed by atoms with E-state index in [9.17, 15) is 14.0 Å². The standard InChI is InChI=1S/C29H22ClF2N5O2S.C7H12FN/c1-13(2)14-5-4-6-15(11-14)37-9-10-39-25-21-24(35-29(38-3)36-28(21)37)23(32)20(22(25)30)16-7-8-18(31)26-19(16)17(12-33)27(34)40-26;8-6-4-7-2-1-3-9(7)5-6/h4-8,11,13H,9-10,34H2,1-3H3;6-7H,1-5H2. The molecule has 0 amide bonds. The average molecular weight is 707 g/mol. The Balaban J connectivity index is 0.000000361. The van der Waals surface area contributed by atoms with Gasteiger partial charge >= 0.3 is 6.01 Å². The maximum atomic E-state index is 16.6. The number of nitrogens with zero attached hydrogens (tertiary/aromatic N) is 5. The molecule has 5 heterocycles. The number of nitrogen functional groups attached to an aromatic ring is 1. The number of rotatable bonds is 4. The Hall–Kier alpha value is -4.31. The van der Waals surface area contributed by atoms with Crippen molar-refractivity contribution in [3.8, 4) is 29.0 Å². The molecule has 0 radical (unpaired) electrons. The Morgan fingerprint density at radius 1 is 1.16 bits per heavy atom. The van der Waals surface area contributed by atoms with Crippen LogP contribution in [0, 0.1) is 23.0 Å². The van der Waals surface area contributed by atoms with Crippen LogP contribution in [0.3, 0.4) is 0 Å². The molecule has 0 aliphatic carbocycles. The van der Waals surface area contributed by atoms with Gasteiger partial charge in [0.1, 0.15) is 35.2 Å². The van der Waals surface area contributed by atoms with E-state index in [1.165, 1.54) is 32.1 Å². The highest BCUT2D eigenvalue weighted by Crippen LogP contribution is 2.51. The number of nitriles is 1. The topological polar surface area (TPSA) is 101 Å². The second-order valence-electron chi connectivity index (χ2n) is 12.7. The molecular weight excluding hydrogens is 673 g/mol. The lowest BCUT2D eigenvalue weighted by atomic mass is 9.96. The predicted octanol–water partition coefficient (Wildman–Crippen LogP) is 8.75. The molecule has 3 aromatic carbocycles. The predicted molar refractivity (Wildman–Crippen MR) is 188 cm³/mol. The lowest BCUT2D eigenvalue weighted by Gasteiger charge is -2.24. The minimum atomic E-state index is -0.784. The minimum absolute atomic E-state index is 0.0423. The van der Waals surface area contributed by atoms with E-state index < -0.39 is 17.8 Å². The summed E-state index contributed by atoms with van der Waals surface area (Å²) in [6, 6.07) is 13.2. The monoisotopic (exact) mass is 706 g/mol. The van der Waals surface area contributed by atoms with Gasteiger partial charge in [0.05, 0.1) is 34.3 Å². The van der Waals surface area contributed by atoms with Crippen molar-refractivity contribution in [1.82, 2.24) is 14.9 Å². The molecule has 0 bridgehead atoms. The number of fused-ring (bicyclic) bond motifs is 2. The Morgan fingerprint density at radius 2 is 1.98 bits per heavy atom. The first-order chi connectivity index (χ1) is 23.6. The number of hydrogen-bond acceptors (Lipinski definition) is 9. The van der Waals surface area contributed by atoms with Gasteiger partial charge in [0, 0.05) is 29.2 Å². The summed E-state index contributed by atoms with van der Waals surface area (Å²) < 4.78 is 55.7. The number of aromatic nitrogens is 2. The fourth-order valence-corrected chi connectivity index (χ4v) is 8.36. The molecule has 8 nitrogen and oxygen atoms in total. The molecule has 0 saturated carbocycles. The van der Waals surface area contributed by atoms with Crippen LogP contribution in [-0.4, -0.2) is 60.4 Å². The molecule has 3 aliphatic rings. The van der Waals surface area contributed by atoms with Gasteiger partial charge in [0.25, 0.3) is 0 Å². The fraction of sp³-hybridized carbons (Fsp3) is 0.361. The number of ether oxygens (including phenoxy) is 2. The summed E-state index contributed by atoms with van der Waals surface area (Å²) >= 11 is 7.83. The van der Waals surface area contributed by atoms with E-state index in [1.54, 1.807) is 0 Å². The summed E-state index contributed by atoms with van der Waals surface area (Å²) in [6.07, 6.45) is 2.81. The van der Waals surface area contributed by atoms with Gasteiger partial charge < -0.3 is 20.1 Å². The summed E-state index contributed by atoms with van der Waals surface area (Å²) in [7, 11) is 1.40. The minimum Gasteiger partial charge on any atom is -0.489 e. The van der Waals surface area contributed by atoms with Gasteiger partial charge in [-0.05, 0) is 61.1 Å². The molecular formula is C36H34ClF3N6O2S. The van der Waals surface area contributed by atoms with Crippen LogP contribution in [0.5, 0.6) is 11.8 Å². The third-order valence-electron chi connectivity index (χ3n) is 9.45. The molecule has 13 heteroatoms. The molecule has 2 saturated heterocycles. The molecule has 0 spiro atoms.